The van der Waals surface area contributed by atoms with Crippen molar-refractivity contribution in [1.82, 2.24) is 14.2 Å². The van der Waals surface area contributed by atoms with Crippen molar-refractivity contribution >= 4 is 26.8 Å². The van der Waals surface area contributed by atoms with Crippen molar-refractivity contribution < 1.29 is 13.2 Å². The molecule has 4 rings (SSSR count). The van der Waals surface area contributed by atoms with Crippen LogP contribution in [0, 0.1) is 0 Å². The lowest BCUT2D eigenvalue weighted by Crippen LogP contribution is -2.33. The fraction of sp³-hybridized carbons (Fsp3) is 0.400. The lowest BCUT2D eigenvalue weighted by Gasteiger charge is -2.16. The number of likely N-dealkylation sites (tertiary alicyclic amines) is 1. The average molecular weight is 454 g/mol. The summed E-state index contributed by atoms with van der Waals surface area (Å²) < 4.78 is 28.8. The Morgan fingerprint density at radius 3 is 2.34 bits per heavy atom. The van der Waals surface area contributed by atoms with Crippen molar-refractivity contribution in [2.75, 3.05) is 19.6 Å². The second kappa shape index (κ2) is 9.08. The molecule has 1 amide bonds. The van der Waals surface area contributed by atoms with Crippen LogP contribution in [0.4, 0.5) is 0 Å². The molecule has 3 aromatic rings. The van der Waals surface area contributed by atoms with E-state index in [1.807, 2.05) is 66.6 Å². The molecule has 6 nitrogen and oxygen atoms in total. The normalized spacial score (nSPS) is 15.6. The molecular formula is C25H31N3O3S. The second-order valence-electron chi connectivity index (χ2n) is 8.89. The highest BCUT2D eigenvalue weighted by atomic mass is 32.2. The Hall–Kier alpha value is -2.64. The standard InChI is InChI=1S/C25H31N3O3S/c1-18(2)32(30,31)26-17-19(3)20-6-9-23(10-7-20)28-15-12-21-16-22(8-11-24(21)28)25(29)27-13-4-5-14-27/h6-12,15-16,18-19,26H,4-5,13-14,17H2,1-3H3. The van der Waals surface area contributed by atoms with Gasteiger partial charge in [-0.25, -0.2) is 13.1 Å². The third-order valence-corrected chi connectivity index (χ3v) is 8.09. The lowest BCUT2D eigenvalue weighted by atomic mass is 10.0. The molecule has 0 aliphatic carbocycles. The van der Waals surface area contributed by atoms with E-state index >= 15 is 0 Å². The van der Waals surface area contributed by atoms with E-state index in [4.69, 9.17) is 0 Å². The van der Waals surface area contributed by atoms with Gasteiger partial charge in [-0.15, -0.1) is 0 Å². The van der Waals surface area contributed by atoms with Crippen LogP contribution in [0.2, 0.25) is 0 Å². The monoisotopic (exact) mass is 453 g/mol. The Morgan fingerprint density at radius 2 is 1.69 bits per heavy atom. The number of fused-ring (bicyclic) bond motifs is 1. The molecule has 1 atom stereocenters. The number of hydrogen-bond acceptors (Lipinski definition) is 3. The Morgan fingerprint density at radius 1 is 1.00 bits per heavy atom. The summed E-state index contributed by atoms with van der Waals surface area (Å²) in [5, 5.41) is 0.598. The van der Waals surface area contributed by atoms with E-state index in [9.17, 15) is 13.2 Å². The van der Waals surface area contributed by atoms with Crippen LogP contribution in [0.3, 0.4) is 0 Å². The van der Waals surface area contributed by atoms with Crippen LogP contribution in [0.25, 0.3) is 16.6 Å². The van der Waals surface area contributed by atoms with Gasteiger partial charge in [0.15, 0.2) is 0 Å². The number of rotatable bonds is 7. The SMILES string of the molecule is CC(CNS(=O)(=O)C(C)C)c1ccc(-n2ccc3cc(C(=O)N4CCCC4)ccc32)cc1. The molecule has 32 heavy (non-hydrogen) atoms. The van der Waals surface area contributed by atoms with Gasteiger partial charge in [-0.3, -0.25) is 4.79 Å². The zero-order valence-corrected chi connectivity index (χ0v) is 19.7. The van der Waals surface area contributed by atoms with Gasteiger partial charge < -0.3 is 9.47 Å². The average Bonchev–Trinajstić information content (AvgIpc) is 3.47. The van der Waals surface area contributed by atoms with Gasteiger partial charge in [0.25, 0.3) is 5.91 Å². The van der Waals surface area contributed by atoms with E-state index in [2.05, 4.69) is 9.29 Å². The van der Waals surface area contributed by atoms with Gasteiger partial charge in [-0.1, -0.05) is 19.1 Å². The first-order chi connectivity index (χ1) is 15.3. The summed E-state index contributed by atoms with van der Waals surface area (Å²) in [5.74, 6) is 0.182. The summed E-state index contributed by atoms with van der Waals surface area (Å²) >= 11 is 0. The fourth-order valence-electron chi connectivity index (χ4n) is 4.09. The summed E-state index contributed by atoms with van der Waals surface area (Å²) in [6.07, 6.45) is 4.19. The van der Waals surface area contributed by atoms with E-state index in [1.54, 1.807) is 13.8 Å². The maximum atomic E-state index is 12.7. The maximum Gasteiger partial charge on any atom is 0.253 e. The van der Waals surface area contributed by atoms with Crippen molar-refractivity contribution in [1.29, 1.82) is 0 Å². The highest BCUT2D eigenvalue weighted by Crippen LogP contribution is 2.25. The van der Waals surface area contributed by atoms with Gasteiger partial charge in [0.05, 0.1) is 10.8 Å². The molecule has 1 aliphatic rings. The minimum absolute atomic E-state index is 0.0677. The molecule has 1 saturated heterocycles. The fourth-order valence-corrected chi connectivity index (χ4v) is 4.91. The van der Waals surface area contributed by atoms with E-state index in [0.29, 0.717) is 6.54 Å². The summed E-state index contributed by atoms with van der Waals surface area (Å²) in [6, 6.07) is 16.1. The van der Waals surface area contributed by atoms with Crippen LogP contribution >= 0.6 is 0 Å². The number of carbonyl (C=O) groups is 1. The first-order valence-corrected chi connectivity index (χ1v) is 12.8. The molecule has 0 saturated carbocycles. The van der Waals surface area contributed by atoms with Gasteiger partial charge in [-0.05, 0) is 74.6 Å². The molecular weight excluding hydrogens is 422 g/mol. The molecule has 1 unspecified atom stereocenters. The summed E-state index contributed by atoms with van der Waals surface area (Å²) in [7, 11) is -3.27. The van der Waals surface area contributed by atoms with Gasteiger partial charge >= 0.3 is 0 Å². The van der Waals surface area contributed by atoms with Crippen molar-refractivity contribution in [3.05, 3.63) is 65.9 Å². The number of benzene rings is 2. The molecule has 7 heteroatoms. The molecule has 2 aromatic carbocycles. The topological polar surface area (TPSA) is 71.4 Å². The van der Waals surface area contributed by atoms with Crippen molar-refractivity contribution in [3.63, 3.8) is 0 Å². The van der Waals surface area contributed by atoms with Crippen LogP contribution in [0.5, 0.6) is 0 Å². The van der Waals surface area contributed by atoms with E-state index in [-0.39, 0.29) is 11.8 Å². The number of nitrogens with zero attached hydrogens (tertiary/aromatic N) is 2. The van der Waals surface area contributed by atoms with Crippen molar-refractivity contribution in [2.45, 2.75) is 44.8 Å². The second-order valence-corrected chi connectivity index (χ2v) is 11.2. The molecule has 1 fully saturated rings. The number of carbonyl (C=O) groups excluding carboxylic acids is 1. The van der Waals surface area contributed by atoms with Crippen molar-refractivity contribution in [2.24, 2.45) is 0 Å². The van der Waals surface area contributed by atoms with Crippen LogP contribution in [0.1, 0.15) is 55.5 Å². The van der Waals surface area contributed by atoms with Crippen LogP contribution < -0.4 is 4.72 Å². The maximum absolute atomic E-state index is 12.7. The summed E-state index contributed by atoms with van der Waals surface area (Å²) in [6.45, 7) is 7.44. The molecule has 0 radical (unpaired) electrons. The zero-order valence-electron chi connectivity index (χ0n) is 18.9. The summed E-state index contributed by atoms with van der Waals surface area (Å²) in [5.41, 5.74) is 3.89. The molecule has 0 spiro atoms. The number of sulfonamides is 1. The minimum Gasteiger partial charge on any atom is -0.339 e. The number of nitrogens with one attached hydrogen (secondary N) is 1. The van der Waals surface area contributed by atoms with E-state index in [1.165, 1.54) is 0 Å². The third-order valence-electron chi connectivity index (χ3n) is 6.28. The molecule has 2 heterocycles. The molecule has 1 aliphatic heterocycles. The molecule has 1 aromatic heterocycles. The van der Waals surface area contributed by atoms with Crippen LogP contribution in [-0.4, -0.2) is 48.7 Å². The van der Waals surface area contributed by atoms with Gasteiger partial charge in [0.2, 0.25) is 10.0 Å². The Bertz CT molecular complexity index is 1210. The predicted octanol–water partition coefficient (Wildman–Crippen LogP) is 4.30. The highest BCUT2D eigenvalue weighted by molar-refractivity contribution is 7.90. The largest absolute Gasteiger partial charge is 0.339 e. The summed E-state index contributed by atoms with van der Waals surface area (Å²) in [4.78, 5) is 14.6. The molecule has 170 valence electrons. The highest BCUT2D eigenvalue weighted by Gasteiger charge is 2.20. The van der Waals surface area contributed by atoms with Gasteiger partial charge in [-0.2, -0.15) is 0 Å². The van der Waals surface area contributed by atoms with Crippen molar-refractivity contribution in [3.8, 4) is 5.69 Å². The van der Waals surface area contributed by atoms with E-state index < -0.39 is 15.3 Å². The Balaban J connectivity index is 1.50. The van der Waals surface area contributed by atoms with Crippen LogP contribution in [0.15, 0.2) is 54.7 Å². The third kappa shape index (κ3) is 4.59. The molecule has 0 bridgehead atoms. The first-order valence-electron chi connectivity index (χ1n) is 11.3. The number of hydrogen-bond donors (Lipinski definition) is 1. The smallest absolute Gasteiger partial charge is 0.253 e. The first kappa shape index (κ1) is 22.6. The van der Waals surface area contributed by atoms with E-state index in [0.717, 1.165) is 53.6 Å². The Kier molecular flexibility index (Phi) is 6.40. The van der Waals surface area contributed by atoms with Gasteiger partial charge in [0, 0.05) is 42.5 Å². The molecule has 1 N–H and O–H groups in total. The lowest BCUT2D eigenvalue weighted by molar-refractivity contribution is 0.0793. The van der Waals surface area contributed by atoms with Gasteiger partial charge in [0.1, 0.15) is 0 Å². The number of aromatic nitrogens is 1. The minimum atomic E-state index is -3.27. The Labute approximate surface area is 190 Å². The number of amides is 1. The predicted molar refractivity (Wildman–Crippen MR) is 129 cm³/mol. The van der Waals surface area contributed by atoms with Crippen LogP contribution in [-0.2, 0) is 10.0 Å². The zero-order chi connectivity index (χ0) is 22.9. The quantitative estimate of drug-likeness (QED) is 0.580.